The SMILES string of the molecule is O=S1(=O)CCCC1CNc1nc2ccc(Br)cn2n1. The van der Waals surface area contributed by atoms with Gasteiger partial charge in [-0.3, -0.25) is 0 Å². The summed E-state index contributed by atoms with van der Waals surface area (Å²) in [6.07, 6.45) is 3.27. The number of nitrogens with zero attached hydrogens (tertiary/aromatic N) is 3. The molecule has 1 aliphatic rings. The molecule has 1 N–H and O–H groups in total. The quantitative estimate of drug-likeness (QED) is 0.912. The molecule has 3 rings (SSSR count). The highest BCUT2D eigenvalue weighted by Gasteiger charge is 2.31. The second-order valence-electron chi connectivity index (χ2n) is 4.60. The smallest absolute Gasteiger partial charge is 0.243 e. The average molecular weight is 345 g/mol. The lowest BCUT2D eigenvalue weighted by atomic mass is 10.2. The largest absolute Gasteiger partial charge is 0.352 e. The minimum Gasteiger partial charge on any atom is -0.352 e. The molecular formula is C11H13BrN4O2S. The van der Waals surface area contributed by atoms with Crippen LogP contribution >= 0.6 is 15.9 Å². The summed E-state index contributed by atoms with van der Waals surface area (Å²) < 4.78 is 26.0. The first-order chi connectivity index (χ1) is 9.04. The molecule has 8 heteroatoms. The average Bonchev–Trinajstić information content (AvgIpc) is 2.88. The van der Waals surface area contributed by atoms with Gasteiger partial charge in [-0.2, -0.15) is 4.98 Å². The van der Waals surface area contributed by atoms with Crippen LogP contribution in [0.2, 0.25) is 0 Å². The summed E-state index contributed by atoms with van der Waals surface area (Å²) in [6, 6.07) is 3.73. The number of pyridine rings is 1. The molecule has 102 valence electrons. The molecule has 1 fully saturated rings. The molecule has 1 atom stereocenters. The highest BCUT2D eigenvalue weighted by molar-refractivity contribution is 9.10. The summed E-state index contributed by atoms with van der Waals surface area (Å²) in [6.45, 7) is 0.375. The Kier molecular flexibility index (Phi) is 3.22. The fourth-order valence-corrected chi connectivity index (χ4v) is 4.32. The van der Waals surface area contributed by atoms with E-state index >= 15 is 0 Å². The zero-order valence-corrected chi connectivity index (χ0v) is 12.5. The van der Waals surface area contributed by atoms with E-state index in [1.54, 1.807) is 10.7 Å². The van der Waals surface area contributed by atoms with Gasteiger partial charge < -0.3 is 5.32 Å². The van der Waals surface area contributed by atoms with Crippen molar-refractivity contribution < 1.29 is 8.42 Å². The van der Waals surface area contributed by atoms with Crippen LogP contribution in [0.25, 0.3) is 5.65 Å². The maximum Gasteiger partial charge on any atom is 0.243 e. The molecule has 19 heavy (non-hydrogen) atoms. The zero-order chi connectivity index (χ0) is 13.5. The van der Waals surface area contributed by atoms with E-state index in [0.29, 0.717) is 24.7 Å². The second kappa shape index (κ2) is 4.75. The number of hydrogen-bond acceptors (Lipinski definition) is 5. The number of hydrogen-bond donors (Lipinski definition) is 1. The fourth-order valence-electron chi connectivity index (χ4n) is 2.23. The standard InChI is InChI=1S/C11H13BrN4O2S/c12-8-3-4-10-14-11(15-16(10)7-8)13-6-9-2-1-5-19(9,17)18/h3-4,7,9H,1-2,5-6H2,(H,13,15). The number of aromatic nitrogens is 3. The van der Waals surface area contributed by atoms with E-state index in [1.165, 1.54) is 0 Å². The first-order valence-electron chi connectivity index (χ1n) is 6.02. The predicted octanol–water partition coefficient (Wildman–Crippen LogP) is 1.48. The molecule has 0 amide bonds. The highest BCUT2D eigenvalue weighted by atomic mass is 79.9. The minimum atomic E-state index is -2.93. The summed E-state index contributed by atoms with van der Waals surface area (Å²) in [7, 11) is -2.93. The van der Waals surface area contributed by atoms with Gasteiger partial charge in [-0.1, -0.05) is 0 Å². The van der Waals surface area contributed by atoms with Crippen molar-refractivity contribution in [2.75, 3.05) is 17.6 Å². The van der Waals surface area contributed by atoms with Gasteiger partial charge in [0.1, 0.15) is 0 Å². The van der Waals surface area contributed by atoms with Gasteiger partial charge in [0.2, 0.25) is 5.95 Å². The van der Waals surface area contributed by atoms with E-state index in [4.69, 9.17) is 0 Å². The van der Waals surface area contributed by atoms with E-state index in [2.05, 4.69) is 31.3 Å². The van der Waals surface area contributed by atoms with E-state index in [-0.39, 0.29) is 5.25 Å². The third-order valence-electron chi connectivity index (χ3n) is 3.25. The number of rotatable bonds is 3. The van der Waals surface area contributed by atoms with E-state index in [0.717, 1.165) is 16.5 Å². The van der Waals surface area contributed by atoms with Crippen LogP contribution in [-0.2, 0) is 9.84 Å². The summed E-state index contributed by atoms with van der Waals surface area (Å²) in [5.41, 5.74) is 0.722. The van der Waals surface area contributed by atoms with Crippen molar-refractivity contribution in [3.63, 3.8) is 0 Å². The van der Waals surface area contributed by atoms with Gasteiger partial charge in [0, 0.05) is 17.2 Å². The van der Waals surface area contributed by atoms with Crippen molar-refractivity contribution in [1.82, 2.24) is 14.6 Å². The molecule has 1 aliphatic heterocycles. The van der Waals surface area contributed by atoms with Crippen LogP contribution < -0.4 is 5.32 Å². The van der Waals surface area contributed by atoms with Crippen molar-refractivity contribution in [3.05, 3.63) is 22.8 Å². The van der Waals surface area contributed by atoms with Crippen molar-refractivity contribution >= 4 is 37.4 Å². The van der Waals surface area contributed by atoms with Gasteiger partial charge in [0.15, 0.2) is 15.5 Å². The topological polar surface area (TPSA) is 76.4 Å². The highest BCUT2D eigenvalue weighted by Crippen LogP contribution is 2.20. The van der Waals surface area contributed by atoms with Crippen molar-refractivity contribution in [1.29, 1.82) is 0 Å². The fraction of sp³-hybridized carbons (Fsp3) is 0.455. The summed E-state index contributed by atoms with van der Waals surface area (Å²) in [5.74, 6) is 0.755. The van der Waals surface area contributed by atoms with Crippen LogP contribution in [0.15, 0.2) is 22.8 Å². The minimum absolute atomic E-state index is 0.297. The Morgan fingerprint density at radius 3 is 3.05 bits per heavy atom. The molecule has 3 heterocycles. The molecule has 0 spiro atoms. The Hall–Kier alpha value is -1.15. The van der Waals surface area contributed by atoms with Gasteiger partial charge in [-0.05, 0) is 40.9 Å². The lowest BCUT2D eigenvalue weighted by molar-refractivity contribution is 0.591. The molecule has 0 radical (unpaired) electrons. The zero-order valence-electron chi connectivity index (χ0n) is 10.1. The normalized spacial score (nSPS) is 21.8. The maximum absolute atomic E-state index is 11.7. The molecule has 2 aromatic heterocycles. The molecule has 0 saturated carbocycles. The summed E-state index contributed by atoms with van der Waals surface area (Å²) >= 11 is 3.36. The number of nitrogens with one attached hydrogen (secondary N) is 1. The molecule has 0 aromatic carbocycles. The summed E-state index contributed by atoms with van der Waals surface area (Å²) in [4.78, 5) is 4.29. The van der Waals surface area contributed by atoms with Gasteiger partial charge >= 0.3 is 0 Å². The third kappa shape index (κ3) is 2.59. The van der Waals surface area contributed by atoms with Crippen LogP contribution in [0, 0.1) is 0 Å². The van der Waals surface area contributed by atoms with Crippen LogP contribution in [0.4, 0.5) is 5.95 Å². The Morgan fingerprint density at radius 2 is 2.32 bits per heavy atom. The van der Waals surface area contributed by atoms with Crippen LogP contribution in [-0.4, -0.2) is 40.6 Å². The second-order valence-corrected chi connectivity index (χ2v) is 7.91. The number of fused-ring (bicyclic) bond motifs is 1. The van der Waals surface area contributed by atoms with Gasteiger partial charge in [-0.25, -0.2) is 12.9 Å². The van der Waals surface area contributed by atoms with Gasteiger partial charge in [0.05, 0.1) is 11.0 Å². The number of halogens is 1. The molecule has 1 unspecified atom stereocenters. The lowest BCUT2D eigenvalue weighted by Gasteiger charge is -2.08. The lowest BCUT2D eigenvalue weighted by Crippen LogP contribution is -2.25. The first-order valence-corrected chi connectivity index (χ1v) is 8.53. The molecular weight excluding hydrogens is 332 g/mol. The number of anilines is 1. The van der Waals surface area contributed by atoms with Crippen molar-refractivity contribution in [2.24, 2.45) is 0 Å². The van der Waals surface area contributed by atoms with E-state index in [9.17, 15) is 8.42 Å². The first kappa shape index (κ1) is 12.9. The summed E-state index contributed by atoms with van der Waals surface area (Å²) in [5, 5.41) is 6.95. The Balaban J connectivity index is 1.75. The van der Waals surface area contributed by atoms with Crippen molar-refractivity contribution in [2.45, 2.75) is 18.1 Å². The molecule has 0 aliphatic carbocycles. The van der Waals surface area contributed by atoms with Crippen LogP contribution in [0.3, 0.4) is 0 Å². The Morgan fingerprint density at radius 1 is 1.47 bits per heavy atom. The maximum atomic E-state index is 11.7. The van der Waals surface area contributed by atoms with Gasteiger partial charge in [-0.15, -0.1) is 5.10 Å². The third-order valence-corrected chi connectivity index (χ3v) is 5.99. The number of sulfone groups is 1. The Labute approximate surface area is 119 Å². The predicted molar refractivity (Wildman–Crippen MR) is 76.0 cm³/mol. The van der Waals surface area contributed by atoms with Crippen LogP contribution in [0.5, 0.6) is 0 Å². The van der Waals surface area contributed by atoms with Gasteiger partial charge in [0.25, 0.3) is 0 Å². The van der Waals surface area contributed by atoms with Crippen molar-refractivity contribution in [3.8, 4) is 0 Å². The molecule has 1 saturated heterocycles. The van der Waals surface area contributed by atoms with E-state index < -0.39 is 9.84 Å². The van der Waals surface area contributed by atoms with Crippen LogP contribution in [0.1, 0.15) is 12.8 Å². The molecule has 0 bridgehead atoms. The molecule has 2 aromatic rings. The Bertz CT molecular complexity index is 713. The monoisotopic (exact) mass is 344 g/mol. The van der Waals surface area contributed by atoms with E-state index in [1.807, 2.05) is 12.1 Å². The molecule has 6 nitrogen and oxygen atoms in total.